The van der Waals surface area contributed by atoms with E-state index in [2.05, 4.69) is 39.5 Å². The van der Waals surface area contributed by atoms with Gasteiger partial charge in [0.05, 0.1) is 24.6 Å². The number of nitrogens with zero attached hydrogens (tertiary/aromatic N) is 2. The Kier molecular flexibility index (Phi) is 6.47. The summed E-state index contributed by atoms with van der Waals surface area (Å²) in [5.41, 5.74) is 3.49. The van der Waals surface area contributed by atoms with Gasteiger partial charge in [0.1, 0.15) is 10.7 Å². The zero-order valence-corrected chi connectivity index (χ0v) is 19.6. The monoisotopic (exact) mass is 466 g/mol. The van der Waals surface area contributed by atoms with Crippen molar-refractivity contribution in [1.82, 2.24) is 20.2 Å². The highest BCUT2D eigenvalue weighted by atomic mass is 32.1. The van der Waals surface area contributed by atoms with Crippen LogP contribution in [0.1, 0.15) is 29.9 Å². The average Bonchev–Trinajstić information content (AvgIpc) is 3.49. The third-order valence-electron chi connectivity index (χ3n) is 5.87. The first-order chi connectivity index (χ1) is 15.7. The molecule has 5 rings (SSSR count). The normalized spacial score (nSPS) is 15.9. The third-order valence-corrected chi connectivity index (χ3v) is 7.65. The third kappa shape index (κ3) is 4.55. The number of rotatable bonds is 7. The van der Waals surface area contributed by atoms with Crippen molar-refractivity contribution in [3.05, 3.63) is 74.5 Å². The SMILES string of the molecule is C[C@H](NCc1ccccc1CN1CCOCC1)c1nc2scc(-c3cccs3)c2c(=O)[nH]1. The predicted octanol–water partition coefficient (Wildman–Crippen LogP) is 4.40. The van der Waals surface area contributed by atoms with Crippen LogP contribution in [0.2, 0.25) is 0 Å². The molecule has 1 aliphatic heterocycles. The Balaban J connectivity index is 1.32. The molecule has 1 atom stereocenters. The van der Waals surface area contributed by atoms with Crippen LogP contribution < -0.4 is 10.9 Å². The summed E-state index contributed by atoms with van der Waals surface area (Å²) in [7, 11) is 0. The second-order valence-electron chi connectivity index (χ2n) is 8.02. The Morgan fingerprint density at radius 2 is 1.97 bits per heavy atom. The number of aromatic amines is 1. The Morgan fingerprint density at radius 3 is 2.75 bits per heavy atom. The Hall–Kier alpha value is -2.36. The van der Waals surface area contributed by atoms with Crippen LogP contribution in [0.15, 0.2) is 52.0 Å². The molecule has 6 nitrogen and oxygen atoms in total. The lowest BCUT2D eigenvalue weighted by Gasteiger charge is -2.27. The highest BCUT2D eigenvalue weighted by molar-refractivity contribution is 7.18. The fourth-order valence-electron chi connectivity index (χ4n) is 4.03. The van der Waals surface area contributed by atoms with E-state index in [0.29, 0.717) is 17.8 Å². The lowest BCUT2D eigenvalue weighted by molar-refractivity contribution is 0.0340. The van der Waals surface area contributed by atoms with Crippen molar-refractivity contribution < 1.29 is 4.74 Å². The van der Waals surface area contributed by atoms with Crippen LogP contribution >= 0.6 is 22.7 Å². The summed E-state index contributed by atoms with van der Waals surface area (Å²) in [6.07, 6.45) is 0. The van der Waals surface area contributed by atoms with Crippen LogP contribution in [0.25, 0.3) is 20.7 Å². The molecule has 1 fully saturated rings. The van der Waals surface area contributed by atoms with E-state index in [1.807, 2.05) is 29.8 Å². The molecule has 0 bridgehead atoms. The van der Waals surface area contributed by atoms with Crippen LogP contribution in [0.5, 0.6) is 0 Å². The number of morpholine rings is 1. The summed E-state index contributed by atoms with van der Waals surface area (Å²) in [5.74, 6) is 0.674. The summed E-state index contributed by atoms with van der Waals surface area (Å²) in [5, 5.41) is 8.29. The smallest absolute Gasteiger partial charge is 0.260 e. The minimum Gasteiger partial charge on any atom is -0.379 e. The number of fused-ring (bicyclic) bond motifs is 1. The first-order valence-electron chi connectivity index (χ1n) is 10.8. The molecule has 2 N–H and O–H groups in total. The van der Waals surface area contributed by atoms with Gasteiger partial charge in [-0.25, -0.2) is 4.98 Å². The molecule has 0 aliphatic carbocycles. The van der Waals surface area contributed by atoms with Crippen LogP contribution in [0.3, 0.4) is 0 Å². The quantitative estimate of drug-likeness (QED) is 0.423. The zero-order chi connectivity index (χ0) is 21.9. The molecular formula is C24H26N4O2S2. The minimum absolute atomic E-state index is 0.0731. The summed E-state index contributed by atoms with van der Waals surface area (Å²) in [6, 6.07) is 12.5. The number of H-pyrrole nitrogens is 1. The predicted molar refractivity (Wildman–Crippen MR) is 131 cm³/mol. The molecule has 4 aromatic rings. The van der Waals surface area contributed by atoms with E-state index in [1.165, 1.54) is 22.5 Å². The van der Waals surface area contributed by atoms with Crippen molar-refractivity contribution in [3.63, 3.8) is 0 Å². The van der Waals surface area contributed by atoms with E-state index >= 15 is 0 Å². The number of aromatic nitrogens is 2. The van der Waals surface area contributed by atoms with E-state index in [0.717, 1.165) is 48.1 Å². The minimum atomic E-state index is -0.0733. The van der Waals surface area contributed by atoms with Gasteiger partial charge in [0.2, 0.25) is 0 Å². The molecular weight excluding hydrogens is 440 g/mol. The Labute approximate surface area is 194 Å². The molecule has 32 heavy (non-hydrogen) atoms. The van der Waals surface area contributed by atoms with Crippen molar-refractivity contribution in [1.29, 1.82) is 0 Å². The average molecular weight is 467 g/mol. The van der Waals surface area contributed by atoms with Crippen LogP contribution in [-0.2, 0) is 17.8 Å². The van der Waals surface area contributed by atoms with Crippen LogP contribution in [-0.4, -0.2) is 41.2 Å². The van der Waals surface area contributed by atoms with Crippen LogP contribution in [0, 0.1) is 0 Å². The first kappa shape index (κ1) is 21.5. The molecule has 1 aromatic carbocycles. The number of hydrogen-bond donors (Lipinski definition) is 2. The van der Waals surface area contributed by atoms with Gasteiger partial charge >= 0.3 is 0 Å². The maximum atomic E-state index is 12.9. The molecule has 0 unspecified atom stereocenters. The van der Waals surface area contributed by atoms with Crippen molar-refractivity contribution in [2.24, 2.45) is 0 Å². The van der Waals surface area contributed by atoms with E-state index in [9.17, 15) is 4.79 Å². The van der Waals surface area contributed by atoms with Crippen molar-refractivity contribution in [2.45, 2.75) is 26.1 Å². The van der Waals surface area contributed by atoms with Crippen molar-refractivity contribution >= 4 is 32.9 Å². The maximum absolute atomic E-state index is 12.9. The van der Waals surface area contributed by atoms with E-state index in [-0.39, 0.29) is 11.6 Å². The molecule has 0 radical (unpaired) electrons. The molecule has 166 valence electrons. The Bertz CT molecular complexity index is 1240. The number of hydrogen-bond acceptors (Lipinski definition) is 7. The van der Waals surface area contributed by atoms with Gasteiger partial charge in [-0.1, -0.05) is 30.3 Å². The lowest BCUT2D eigenvalue weighted by Crippen LogP contribution is -2.36. The second-order valence-corrected chi connectivity index (χ2v) is 9.82. The standard InChI is InChI=1S/C24H26N4O2S2/c1-16(25-13-17-5-2-3-6-18(17)14-28-8-10-30-11-9-28)22-26-23(29)21-19(15-32-24(21)27-22)20-7-4-12-31-20/h2-7,12,15-16,25H,8-11,13-14H2,1H3,(H,26,27,29)/t16-/m0/s1. The number of thiophene rings is 2. The highest BCUT2D eigenvalue weighted by Crippen LogP contribution is 2.33. The zero-order valence-electron chi connectivity index (χ0n) is 18.0. The second kappa shape index (κ2) is 9.64. The van der Waals surface area contributed by atoms with E-state index in [1.54, 1.807) is 11.3 Å². The van der Waals surface area contributed by atoms with E-state index in [4.69, 9.17) is 9.72 Å². The number of benzene rings is 1. The first-order valence-corrected chi connectivity index (χ1v) is 12.6. The molecule has 4 heterocycles. The topological polar surface area (TPSA) is 70.2 Å². The molecule has 3 aromatic heterocycles. The maximum Gasteiger partial charge on any atom is 0.260 e. The van der Waals surface area contributed by atoms with Gasteiger partial charge in [-0.2, -0.15) is 0 Å². The summed E-state index contributed by atoms with van der Waals surface area (Å²) in [6.45, 7) is 7.23. The lowest BCUT2D eigenvalue weighted by atomic mass is 10.1. The molecule has 0 spiro atoms. The molecule has 1 aliphatic rings. The number of nitrogens with one attached hydrogen (secondary N) is 2. The Morgan fingerprint density at radius 1 is 1.16 bits per heavy atom. The van der Waals surface area contributed by atoms with Gasteiger partial charge in [0.25, 0.3) is 5.56 Å². The molecule has 0 saturated carbocycles. The molecule has 8 heteroatoms. The van der Waals surface area contributed by atoms with Gasteiger partial charge in [0.15, 0.2) is 0 Å². The fourth-order valence-corrected chi connectivity index (χ4v) is 5.80. The van der Waals surface area contributed by atoms with Gasteiger partial charge in [0, 0.05) is 42.0 Å². The van der Waals surface area contributed by atoms with Crippen LogP contribution in [0.4, 0.5) is 0 Å². The summed E-state index contributed by atoms with van der Waals surface area (Å²) >= 11 is 3.16. The molecule has 0 amide bonds. The summed E-state index contributed by atoms with van der Waals surface area (Å²) < 4.78 is 5.47. The largest absolute Gasteiger partial charge is 0.379 e. The van der Waals surface area contributed by atoms with Gasteiger partial charge < -0.3 is 15.0 Å². The van der Waals surface area contributed by atoms with Crippen molar-refractivity contribution in [2.75, 3.05) is 26.3 Å². The summed E-state index contributed by atoms with van der Waals surface area (Å²) in [4.78, 5) is 25.0. The van der Waals surface area contributed by atoms with Crippen molar-refractivity contribution in [3.8, 4) is 10.4 Å². The van der Waals surface area contributed by atoms with Gasteiger partial charge in [-0.15, -0.1) is 22.7 Å². The molecule has 1 saturated heterocycles. The van der Waals surface area contributed by atoms with Gasteiger partial charge in [-0.05, 0) is 29.5 Å². The van der Waals surface area contributed by atoms with E-state index < -0.39 is 0 Å². The number of ether oxygens (including phenoxy) is 1. The fraction of sp³-hybridized carbons (Fsp3) is 0.333. The highest BCUT2D eigenvalue weighted by Gasteiger charge is 2.17. The van der Waals surface area contributed by atoms with Gasteiger partial charge in [-0.3, -0.25) is 9.69 Å².